The summed E-state index contributed by atoms with van der Waals surface area (Å²) in [4.78, 5) is 29.8. The molecule has 2 heterocycles. The number of aryl methyl sites for hydroxylation is 1. The van der Waals surface area contributed by atoms with Crippen LogP contribution < -0.4 is 9.21 Å². The minimum atomic E-state index is -4.09. The molecule has 0 spiro atoms. The maximum absolute atomic E-state index is 13.5. The van der Waals surface area contributed by atoms with E-state index in [0.29, 0.717) is 6.54 Å². The Morgan fingerprint density at radius 2 is 1.77 bits per heavy atom. The number of carbonyl (C=O) groups is 2. The van der Waals surface area contributed by atoms with E-state index in [1.54, 1.807) is 42.5 Å². The van der Waals surface area contributed by atoms with Gasteiger partial charge in [-0.3, -0.25) is 9.69 Å². The van der Waals surface area contributed by atoms with E-state index in [4.69, 9.17) is 0 Å². The summed E-state index contributed by atoms with van der Waals surface area (Å²) in [6, 6.07) is 12.5. The van der Waals surface area contributed by atoms with Gasteiger partial charge in [0.05, 0.1) is 11.4 Å². The topological polar surface area (TPSA) is 78.0 Å². The average molecular weight is 442 g/mol. The monoisotopic (exact) mass is 441 g/mol. The van der Waals surface area contributed by atoms with Crippen LogP contribution in [0.4, 0.5) is 16.2 Å². The molecular weight excluding hydrogens is 414 g/mol. The number of para-hydroxylation sites is 1. The van der Waals surface area contributed by atoms with Crippen molar-refractivity contribution in [3.63, 3.8) is 0 Å². The van der Waals surface area contributed by atoms with Gasteiger partial charge in [-0.1, -0.05) is 36.8 Å². The fourth-order valence-electron chi connectivity index (χ4n) is 4.37. The van der Waals surface area contributed by atoms with E-state index < -0.39 is 16.1 Å². The first-order chi connectivity index (χ1) is 14.8. The molecule has 0 aromatic heterocycles. The van der Waals surface area contributed by atoms with Crippen LogP contribution >= 0.6 is 0 Å². The summed E-state index contributed by atoms with van der Waals surface area (Å²) in [6.07, 6.45) is 3.85. The van der Waals surface area contributed by atoms with E-state index in [0.717, 1.165) is 35.6 Å². The third-order valence-electron chi connectivity index (χ3n) is 6.06. The van der Waals surface area contributed by atoms with Gasteiger partial charge in [-0.15, -0.1) is 0 Å². The maximum atomic E-state index is 13.5. The number of benzene rings is 2. The molecule has 164 valence electrons. The number of nitrogens with zero attached hydrogens (tertiary/aromatic N) is 3. The van der Waals surface area contributed by atoms with Crippen LogP contribution in [0.5, 0.6) is 0 Å². The Morgan fingerprint density at radius 3 is 2.48 bits per heavy atom. The third-order valence-corrected chi connectivity index (χ3v) is 7.81. The number of fused-ring (bicyclic) bond motifs is 1. The SMILES string of the molecule is CC[C@H]1CCCCN1C(=O)CN1C(=O)N(c2ccc(C)cc2)S(=O)(=O)c2ccccc21. The quantitative estimate of drug-likeness (QED) is 0.720. The number of hydrogen-bond acceptors (Lipinski definition) is 4. The lowest BCUT2D eigenvalue weighted by Gasteiger charge is -2.39. The Hall–Kier alpha value is -2.87. The molecule has 2 aliphatic rings. The maximum Gasteiger partial charge on any atom is 0.343 e. The molecule has 0 saturated carbocycles. The van der Waals surface area contributed by atoms with E-state index in [1.807, 2.05) is 11.8 Å². The molecule has 2 aliphatic heterocycles. The van der Waals surface area contributed by atoms with Gasteiger partial charge in [0.2, 0.25) is 5.91 Å². The Labute approximate surface area is 183 Å². The molecule has 4 rings (SSSR count). The molecule has 2 aromatic carbocycles. The van der Waals surface area contributed by atoms with Crippen molar-refractivity contribution >= 4 is 33.3 Å². The van der Waals surface area contributed by atoms with Crippen molar-refractivity contribution in [1.82, 2.24) is 4.90 Å². The second kappa shape index (κ2) is 8.34. The highest BCUT2D eigenvalue weighted by Gasteiger charge is 2.43. The number of amides is 3. The van der Waals surface area contributed by atoms with Crippen LogP contribution in [0.3, 0.4) is 0 Å². The molecule has 1 saturated heterocycles. The first-order valence-corrected chi connectivity index (χ1v) is 12.1. The number of likely N-dealkylation sites (tertiary alicyclic amines) is 1. The Balaban J connectivity index is 1.74. The molecule has 0 unspecified atom stereocenters. The molecule has 0 bridgehead atoms. The molecule has 8 heteroatoms. The van der Waals surface area contributed by atoms with Crippen molar-refractivity contribution in [2.75, 3.05) is 22.3 Å². The minimum absolute atomic E-state index is 0.0219. The van der Waals surface area contributed by atoms with Gasteiger partial charge in [0.25, 0.3) is 10.0 Å². The number of urea groups is 1. The zero-order valence-corrected chi connectivity index (χ0v) is 18.6. The first kappa shape index (κ1) is 21.4. The van der Waals surface area contributed by atoms with E-state index in [2.05, 4.69) is 6.92 Å². The van der Waals surface area contributed by atoms with Crippen molar-refractivity contribution in [2.45, 2.75) is 50.5 Å². The lowest BCUT2D eigenvalue weighted by Crippen LogP contribution is -2.55. The number of hydrogen-bond donors (Lipinski definition) is 0. The summed E-state index contributed by atoms with van der Waals surface area (Å²) in [6.45, 7) is 4.42. The number of piperidine rings is 1. The van der Waals surface area contributed by atoms with Gasteiger partial charge < -0.3 is 4.90 Å². The van der Waals surface area contributed by atoms with Gasteiger partial charge in [-0.2, -0.15) is 4.31 Å². The summed E-state index contributed by atoms with van der Waals surface area (Å²) in [7, 11) is -4.09. The van der Waals surface area contributed by atoms with Gasteiger partial charge in [0.15, 0.2) is 0 Å². The highest BCUT2D eigenvalue weighted by Crippen LogP contribution is 2.37. The predicted octanol–water partition coefficient (Wildman–Crippen LogP) is 3.92. The van der Waals surface area contributed by atoms with Gasteiger partial charge in [-0.05, 0) is 56.9 Å². The van der Waals surface area contributed by atoms with Gasteiger partial charge >= 0.3 is 6.03 Å². The number of anilines is 2. The summed E-state index contributed by atoms with van der Waals surface area (Å²) < 4.78 is 27.4. The molecule has 0 radical (unpaired) electrons. The van der Waals surface area contributed by atoms with Crippen LogP contribution in [0, 0.1) is 6.92 Å². The molecule has 0 aliphatic carbocycles. The van der Waals surface area contributed by atoms with Crippen molar-refractivity contribution in [1.29, 1.82) is 0 Å². The van der Waals surface area contributed by atoms with E-state index >= 15 is 0 Å². The van der Waals surface area contributed by atoms with Crippen molar-refractivity contribution in [2.24, 2.45) is 0 Å². The van der Waals surface area contributed by atoms with Crippen LogP contribution in [0.1, 0.15) is 38.2 Å². The largest absolute Gasteiger partial charge is 0.343 e. The molecule has 0 N–H and O–H groups in total. The fourth-order valence-corrected chi connectivity index (χ4v) is 5.97. The number of carbonyl (C=O) groups excluding carboxylic acids is 2. The van der Waals surface area contributed by atoms with Crippen LogP contribution in [-0.2, 0) is 14.8 Å². The van der Waals surface area contributed by atoms with Gasteiger partial charge in [0.1, 0.15) is 11.4 Å². The van der Waals surface area contributed by atoms with Gasteiger partial charge in [0, 0.05) is 12.6 Å². The third kappa shape index (κ3) is 3.80. The predicted molar refractivity (Wildman–Crippen MR) is 120 cm³/mol. The van der Waals surface area contributed by atoms with Crippen molar-refractivity contribution in [3.8, 4) is 0 Å². The molecule has 7 nitrogen and oxygen atoms in total. The van der Waals surface area contributed by atoms with Gasteiger partial charge in [-0.25, -0.2) is 13.2 Å². The fraction of sp³-hybridized carbons (Fsp3) is 0.391. The van der Waals surface area contributed by atoms with Crippen LogP contribution in [0.25, 0.3) is 0 Å². The smallest absolute Gasteiger partial charge is 0.338 e. The molecule has 3 amide bonds. The molecule has 2 aromatic rings. The lowest BCUT2D eigenvalue weighted by atomic mass is 10.00. The van der Waals surface area contributed by atoms with E-state index in [9.17, 15) is 18.0 Å². The normalized spacial score (nSPS) is 20.5. The van der Waals surface area contributed by atoms with Crippen molar-refractivity contribution < 1.29 is 18.0 Å². The number of rotatable bonds is 4. The summed E-state index contributed by atoms with van der Waals surface area (Å²) in [5.74, 6) is -0.155. The molecular formula is C23H27N3O4S. The van der Waals surface area contributed by atoms with E-state index in [-0.39, 0.29) is 34.8 Å². The summed E-state index contributed by atoms with van der Waals surface area (Å²) in [5.41, 5.74) is 1.45. The second-order valence-corrected chi connectivity index (χ2v) is 9.84. The minimum Gasteiger partial charge on any atom is -0.338 e. The van der Waals surface area contributed by atoms with Crippen LogP contribution in [-0.4, -0.2) is 44.4 Å². The Kier molecular flexibility index (Phi) is 5.75. The lowest BCUT2D eigenvalue weighted by molar-refractivity contribution is -0.133. The molecule has 1 fully saturated rings. The summed E-state index contributed by atoms with van der Waals surface area (Å²) >= 11 is 0. The second-order valence-electron chi connectivity index (χ2n) is 8.09. The van der Waals surface area contributed by atoms with Crippen LogP contribution in [0.2, 0.25) is 0 Å². The number of sulfonamides is 1. The molecule has 31 heavy (non-hydrogen) atoms. The van der Waals surface area contributed by atoms with Crippen molar-refractivity contribution in [3.05, 3.63) is 54.1 Å². The standard InChI is InChI=1S/C23H27N3O4S/c1-3-18-8-6-7-15-24(18)22(27)16-25-20-9-4-5-10-21(20)31(29,30)26(23(25)28)19-13-11-17(2)12-14-19/h4-5,9-14,18H,3,6-8,15-16H2,1-2H3/t18-/m0/s1. The average Bonchev–Trinajstić information content (AvgIpc) is 2.77. The Morgan fingerprint density at radius 1 is 1.06 bits per heavy atom. The molecule has 1 atom stereocenters. The zero-order valence-electron chi connectivity index (χ0n) is 17.8. The highest BCUT2D eigenvalue weighted by atomic mass is 32.2. The highest BCUT2D eigenvalue weighted by molar-refractivity contribution is 7.94. The first-order valence-electron chi connectivity index (χ1n) is 10.7. The Bertz CT molecular complexity index is 1100. The van der Waals surface area contributed by atoms with E-state index in [1.165, 1.54) is 11.0 Å². The zero-order chi connectivity index (χ0) is 22.2. The van der Waals surface area contributed by atoms with Crippen LogP contribution in [0.15, 0.2) is 53.4 Å². The summed E-state index contributed by atoms with van der Waals surface area (Å²) in [5, 5.41) is 0.